The summed E-state index contributed by atoms with van der Waals surface area (Å²) in [5, 5.41) is 2.88. The van der Waals surface area contributed by atoms with Crippen molar-refractivity contribution in [3.05, 3.63) is 35.4 Å². The van der Waals surface area contributed by atoms with Crippen molar-refractivity contribution in [3.8, 4) is 0 Å². The number of amides is 1. The van der Waals surface area contributed by atoms with E-state index in [1.807, 2.05) is 32.0 Å². The van der Waals surface area contributed by atoms with Gasteiger partial charge in [-0.25, -0.2) is 8.42 Å². The van der Waals surface area contributed by atoms with E-state index in [1.54, 1.807) is 6.07 Å². The number of hydrogen-bond acceptors (Lipinski definition) is 3. The van der Waals surface area contributed by atoms with Crippen molar-refractivity contribution in [2.24, 2.45) is 5.92 Å². The minimum Gasteiger partial charge on any atom is -0.350 e. The second-order valence-electron chi connectivity index (χ2n) is 6.14. The Hall–Kier alpha value is -1.36. The summed E-state index contributed by atoms with van der Waals surface area (Å²) in [6, 6.07) is 7.71. The van der Waals surface area contributed by atoms with Crippen LogP contribution in [-0.4, -0.2) is 31.9 Å². The Morgan fingerprint density at radius 3 is 2.76 bits per heavy atom. The lowest BCUT2D eigenvalue weighted by Crippen LogP contribution is -2.30. The first-order valence-corrected chi connectivity index (χ1v) is 9.28. The molecule has 0 spiro atoms. The topological polar surface area (TPSA) is 63.2 Å². The number of benzene rings is 1. The lowest BCUT2D eigenvalue weighted by molar-refractivity contribution is 0.0943. The minimum absolute atomic E-state index is 0.0599. The van der Waals surface area contributed by atoms with Gasteiger partial charge in [-0.15, -0.1) is 0 Å². The van der Waals surface area contributed by atoms with Gasteiger partial charge < -0.3 is 5.32 Å². The van der Waals surface area contributed by atoms with Gasteiger partial charge in [0.1, 0.15) is 0 Å². The van der Waals surface area contributed by atoms with Crippen molar-refractivity contribution in [2.45, 2.75) is 39.2 Å². The number of nitrogens with one attached hydrogen (secondary N) is 1. The Morgan fingerprint density at radius 2 is 2.14 bits per heavy atom. The van der Waals surface area contributed by atoms with E-state index in [4.69, 9.17) is 0 Å². The SMILES string of the molecule is CC(C)NC(=O)c1cccc(CC[C@H]2CCS(=O)(=O)C2)c1. The highest BCUT2D eigenvalue weighted by molar-refractivity contribution is 7.91. The summed E-state index contributed by atoms with van der Waals surface area (Å²) in [6.07, 6.45) is 2.47. The van der Waals surface area contributed by atoms with Crippen LogP contribution in [0.15, 0.2) is 24.3 Å². The summed E-state index contributed by atoms with van der Waals surface area (Å²) in [5.74, 6) is 0.855. The molecule has 0 saturated carbocycles. The smallest absolute Gasteiger partial charge is 0.251 e. The molecule has 1 aliphatic heterocycles. The van der Waals surface area contributed by atoms with Crippen LogP contribution in [0.25, 0.3) is 0 Å². The van der Waals surface area contributed by atoms with Crippen molar-refractivity contribution in [1.82, 2.24) is 5.32 Å². The fraction of sp³-hybridized carbons (Fsp3) is 0.562. The molecular weight excluding hydrogens is 286 g/mol. The van der Waals surface area contributed by atoms with E-state index < -0.39 is 9.84 Å². The fourth-order valence-electron chi connectivity index (χ4n) is 2.68. The van der Waals surface area contributed by atoms with Crippen molar-refractivity contribution in [3.63, 3.8) is 0 Å². The Labute approximate surface area is 126 Å². The van der Waals surface area contributed by atoms with Crippen LogP contribution in [0.5, 0.6) is 0 Å². The monoisotopic (exact) mass is 309 g/mol. The highest BCUT2D eigenvalue weighted by Gasteiger charge is 2.27. The van der Waals surface area contributed by atoms with E-state index in [-0.39, 0.29) is 17.9 Å². The molecule has 1 heterocycles. The molecule has 1 amide bonds. The molecule has 0 aliphatic carbocycles. The third-order valence-corrected chi connectivity index (χ3v) is 5.61. The molecule has 1 aliphatic rings. The van der Waals surface area contributed by atoms with Crippen LogP contribution in [0.3, 0.4) is 0 Å². The quantitative estimate of drug-likeness (QED) is 0.907. The van der Waals surface area contributed by atoms with Gasteiger partial charge in [0.2, 0.25) is 0 Å². The first-order chi connectivity index (χ1) is 9.85. The number of hydrogen-bond donors (Lipinski definition) is 1. The van der Waals surface area contributed by atoms with Crippen LogP contribution in [0, 0.1) is 5.92 Å². The van der Waals surface area contributed by atoms with Crippen LogP contribution in [0.4, 0.5) is 0 Å². The van der Waals surface area contributed by atoms with Gasteiger partial charge >= 0.3 is 0 Å². The molecule has 0 radical (unpaired) electrons. The first-order valence-electron chi connectivity index (χ1n) is 7.46. The molecule has 0 aromatic heterocycles. The molecule has 5 heteroatoms. The highest BCUT2D eigenvalue weighted by Crippen LogP contribution is 2.23. The molecule has 0 unspecified atom stereocenters. The molecular formula is C16H23NO3S. The minimum atomic E-state index is -2.80. The van der Waals surface area contributed by atoms with Crippen LogP contribution in [0.1, 0.15) is 42.6 Å². The summed E-state index contributed by atoms with van der Waals surface area (Å²) in [7, 11) is -2.80. The summed E-state index contributed by atoms with van der Waals surface area (Å²) in [6.45, 7) is 3.87. The largest absolute Gasteiger partial charge is 0.350 e. The zero-order valence-electron chi connectivity index (χ0n) is 12.6. The van der Waals surface area contributed by atoms with Gasteiger partial charge in [0, 0.05) is 11.6 Å². The van der Waals surface area contributed by atoms with Crippen LogP contribution in [-0.2, 0) is 16.3 Å². The zero-order chi connectivity index (χ0) is 15.5. The van der Waals surface area contributed by atoms with Crippen LogP contribution in [0.2, 0.25) is 0 Å². The van der Waals surface area contributed by atoms with E-state index >= 15 is 0 Å². The van der Waals surface area contributed by atoms with Crippen molar-refractivity contribution in [2.75, 3.05) is 11.5 Å². The second kappa shape index (κ2) is 6.60. The standard InChI is InChI=1S/C16H23NO3S/c1-12(2)17-16(18)15-5-3-4-13(10-15)6-7-14-8-9-21(19,20)11-14/h3-5,10,12,14H,6-9,11H2,1-2H3,(H,17,18)/t14-/m0/s1. The molecule has 1 aromatic carbocycles. The molecule has 116 valence electrons. The van der Waals surface area contributed by atoms with Gasteiger partial charge in [0.15, 0.2) is 9.84 Å². The molecule has 1 N–H and O–H groups in total. The van der Waals surface area contributed by atoms with Crippen molar-refractivity contribution < 1.29 is 13.2 Å². The van der Waals surface area contributed by atoms with E-state index in [0.29, 0.717) is 17.1 Å². The number of aryl methyl sites for hydroxylation is 1. The first kappa shape index (κ1) is 16.0. The van der Waals surface area contributed by atoms with E-state index in [0.717, 1.165) is 24.8 Å². The van der Waals surface area contributed by atoms with Gasteiger partial charge in [-0.1, -0.05) is 12.1 Å². The third-order valence-electron chi connectivity index (χ3n) is 3.78. The highest BCUT2D eigenvalue weighted by atomic mass is 32.2. The summed E-state index contributed by atoms with van der Waals surface area (Å²) < 4.78 is 22.9. The molecule has 1 fully saturated rings. The summed E-state index contributed by atoms with van der Waals surface area (Å²) in [4.78, 5) is 12.0. The number of rotatable bonds is 5. The zero-order valence-corrected chi connectivity index (χ0v) is 13.4. The molecule has 1 atom stereocenters. The Morgan fingerprint density at radius 1 is 1.38 bits per heavy atom. The maximum Gasteiger partial charge on any atom is 0.251 e. The number of carbonyl (C=O) groups excluding carboxylic acids is 1. The summed E-state index contributed by atoms with van der Waals surface area (Å²) >= 11 is 0. The lowest BCUT2D eigenvalue weighted by Gasteiger charge is -2.10. The van der Waals surface area contributed by atoms with E-state index in [1.165, 1.54) is 0 Å². The average molecular weight is 309 g/mol. The van der Waals surface area contributed by atoms with Crippen LogP contribution < -0.4 is 5.32 Å². The number of sulfone groups is 1. The predicted molar refractivity (Wildman–Crippen MR) is 84.1 cm³/mol. The van der Waals surface area contributed by atoms with Crippen molar-refractivity contribution >= 4 is 15.7 Å². The van der Waals surface area contributed by atoms with E-state index in [2.05, 4.69) is 5.32 Å². The Bertz CT molecular complexity index is 608. The molecule has 2 rings (SSSR count). The third kappa shape index (κ3) is 4.84. The predicted octanol–water partition coefficient (Wildman–Crippen LogP) is 2.19. The van der Waals surface area contributed by atoms with Crippen LogP contribution >= 0.6 is 0 Å². The second-order valence-corrected chi connectivity index (χ2v) is 8.36. The Balaban J connectivity index is 1.94. The molecule has 0 bridgehead atoms. The van der Waals surface area contributed by atoms with E-state index in [9.17, 15) is 13.2 Å². The fourth-order valence-corrected chi connectivity index (χ4v) is 4.59. The van der Waals surface area contributed by atoms with Gasteiger partial charge in [-0.05, 0) is 56.7 Å². The van der Waals surface area contributed by atoms with Gasteiger partial charge in [-0.2, -0.15) is 0 Å². The van der Waals surface area contributed by atoms with Gasteiger partial charge in [0.25, 0.3) is 5.91 Å². The molecule has 1 saturated heterocycles. The molecule has 21 heavy (non-hydrogen) atoms. The molecule has 4 nitrogen and oxygen atoms in total. The maximum atomic E-state index is 12.0. The molecule has 1 aromatic rings. The Kier molecular flexibility index (Phi) is 5.04. The maximum absolute atomic E-state index is 12.0. The lowest BCUT2D eigenvalue weighted by atomic mass is 9.98. The normalized spacial score (nSPS) is 20.6. The van der Waals surface area contributed by atoms with Gasteiger partial charge in [0.05, 0.1) is 11.5 Å². The van der Waals surface area contributed by atoms with Crippen molar-refractivity contribution in [1.29, 1.82) is 0 Å². The number of carbonyl (C=O) groups is 1. The van der Waals surface area contributed by atoms with Gasteiger partial charge in [-0.3, -0.25) is 4.79 Å². The summed E-state index contributed by atoms with van der Waals surface area (Å²) in [5.41, 5.74) is 1.76. The average Bonchev–Trinajstić information content (AvgIpc) is 2.75.